The van der Waals surface area contributed by atoms with Crippen LogP contribution in [0.3, 0.4) is 0 Å². The van der Waals surface area contributed by atoms with E-state index in [1.54, 1.807) is 0 Å². The van der Waals surface area contributed by atoms with Crippen molar-refractivity contribution < 1.29 is 4.79 Å². The Bertz CT molecular complexity index is 1340. The van der Waals surface area contributed by atoms with Crippen molar-refractivity contribution >= 4 is 22.8 Å². The summed E-state index contributed by atoms with van der Waals surface area (Å²) in [6, 6.07) is 14.1. The molecule has 1 aliphatic carbocycles. The van der Waals surface area contributed by atoms with Gasteiger partial charge in [-0.25, -0.2) is 14.6 Å². The van der Waals surface area contributed by atoms with Gasteiger partial charge >= 0.3 is 0 Å². The Labute approximate surface area is 193 Å². The number of aromatic nitrogens is 4. The third kappa shape index (κ3) is 3.95. The highest BCUT2D eigenvalue weighted by molar-refractivity contribution is 5.98. The molecule has 33 heavy (non-hydrogen) atoms. The predicted octanol–water partition coefficient (Wildman–Crippen LogP) is 4.74. The Morgan fingerprint density at radius 1 is 1.09 bits per heavy atom. The van der Waals surface area contributed by atoms with E-state index in [2.05, 4.69) is 28.3 Å². The summed E-state index contributed by atoms with van der Waals surface area (Å²) in [5, 5.41) is 8.81. The molecule has 7 heteroatoms. The summed E-state index contributed by atoms with van der Waals surface area (Å²) in [6.45, 7) is 4.45. The lowest BCUT2D eigenvalue weighted by Crippen LogP contribution is -2.23. The molecule has 2 aromatic heterocycles. The van der Waals surface area contributed by atoms with Crippen LogP contribution in [-0.2, 0) is 6.54 Å². The number of nitrogen functional groups attached to an aromatic ring is 1. The molecule has 2 heterocycles. The van der Waals surface area contributed by atoms with Crippen molar-refractivity contribution in [2.45, 2.75) is 52.1 Å². The van der Waals surface area contributed by atoms with Gasteiger partial charge in [0.1, 0.15) is 17.8 Å². The van der Waals surface area contributed by atoms with Crippen molar-refractivity contribution in [1.29, 1.82) is 0 Å². The van der Waals surface area contributed by atoms with E-state index in [0.29, 0.717) is 24.0 Å². The molecule has 5 rings (SSSR count). The fraction of sp³-hybridized carbons (Fsp3) is 0.308. The first kappa shape index (κ1) is 21.1. The van der Waals surface area contributed by atoms with Gasteiger partial charge in [0.2, 0.25) is 0 Å². The molecular formula is C26H28N6O. The van der Waals surface area contributed by atoms with E-state index >= 15 is 0 Å². The maximum Gasteiger partial charge on any atom is 0.251 e. The van der Waals surface area contributed by atoms with Gasteiger partial charge in [-0.1, -0.05) is 43.2 Å². The molecule has 4 aromatic rings. The monoisotopic (exact) mass is 440 g/mol. The molecule has 0 saturated heterocycles. The van der Waals surface area contributed by atoms with Crippen LogP contribution in [0.1, 0.15) is 58.8 Å². The predicted molar refractivity (Wildman–Crippen MR) is 130 cm³/mol. The zero-order valence-electron chi connectivity index (χ0n) is 19.0. The van der Waals surface area contributed by atoms with Gasteiger partial charge in [0.25, 0.3) is 5.91 Å². The third-order valence-corrected chi connectivity index (χ3v) is 6.63. The summed E-state index contributed by atoms with van der Waals surface area (Å²) in [6.07, 6.45) is 6.16. The van der Waals surface area contributed by atoms with E-state index in [-0.39, 0.29) is 5.91 Å². The van der Waals surface area contributed by atoms with E-state index in [4.69, 9.17) is 10.8 Å². The maximum atomic E-state index is 12.6. The minimum absolute atomic E-state index is 0.0669. The molecule has 0 bridgehead atoms. The topological polar surface area (TPSA) is 98.7 Å². The highest BCUT2D eigenvalue weighted by Gasteiger charge is 2.24. The Morgan fingerprint density at radius 3 is 2.64 bits per heavy atom. The number of hydrogen-bond donors (Lipinski definition) is 2. The first-order valence-electron chi connectivity index (χ1n) is 11.5. The number of hydrogen-bond acceptors (Lipinski definition) is 5. The molecule has 1 aliphatic rings. The molecule has 168 valence electrons. The van der Waals surface area contributed by atoms with Crippen LogP contribution in [0.5, 0.6) is 0 Å². The van der Waals surface area contributed by atoms with E-state index in [1.165, 1.54) is 19.2 Å². The van der Waals surface area contributed by atoms with E-state index in [1.807, 2.05) is 48.0 Å². The van der Waals surface area contributed by atoms with Crippen LogP contribution in [0.25, 0.3) is 22.3 Å². The Kier molecular flexibility index (Phi) is 5.54. The van der Waals surface area contributed by atoms with E-state index in [9.17, 15) is 4.79 Å². The number of nitrogens with one attached hydrogen (secondary N) is 1. The molecule has 1 saturated carbocycles. The third-order valence-electron chi connectivity index (χ3n) is 6.63. The fourth-order valence-electron chi connectivity index (χ4n) is 4.74. The number of anilines is 1. The molecule has 0 unspecified atom stereocenters. The van der Waals surface area contributed by atoms with Gasteiger partial charge in [-0.15, -0.1) is 0 Å². The second-order valence-corrected chi connectivity index (χ2v) is 8.83. The Morgan fingerprint density at radius 2 is 1.88 bits per heavy atom. The molecule has 0 spiro atoms. The summed E-state index contributed by atoms with van der Waals surface area (Å²) in [5.41, 5.74) is 12.7. The van der Waals surface area contributed by atoms with Gasteiger partial charge < -0.3 is 11.1 Å². The van der Waals surface area contributed by atoms with Crippen LogP contribution >= 0.6 is 0 Å². The summed E-state index contributed by atoms with van der Waals surface area (Å²) in [5.74, 6) is 0.384. The summed E-state index contributed by atoms with van der Waals surface area (Å²) < 4.78 is 2.04. The van der Waals surface area contributed by atoms with Crippen molar-refractivity contribution in [3.8, 4) is 11.3 Å². The molecule has 0 aliphatic heterocycles. The quantitative estimate of drug-likeness (QED) is 0.467. The number of carbonyl (C=O) groups excluding carboxylic acids is 1. The largest absolute Gasteiger partial charge is 0.383 e. The van der Waals surface area contributed by atoms with Gasteiger partial charge in [-0.05, 0) is 55.5 Å². The highest BCUT2D eigenvalue weighted by atomic mass is 16.1. The van der Waals surface area contributed by atoms with E-state index in [0.717, 1.165) is 51.8 Å². The maximum absolute atomic E-state index is 12.6. The number of fused-ring (bicyclic) bond motifs is 1. The van der Waals surface area contributed by atoms with E-state index < -0.39 is 0 Å². The van der Waals surface area contributed by atoms with Crippen LogP contribution in [-0.4, -0.2) is 25.7 Å². The molecule has 1 amide bonds. The fourth-order valence-corrected chi connectivity index (χ4v) is 4.74. The number of benzene rings is 2. The van der Waals surface area contributed by atoms with Gasteiger partial charge in [0, 0.05) is 17.7 Å². The lowest BCUT2D eigenvalue weighted by molar-refractivity contribution is 0.0950. The normalized spacial score (nSPS) is 14.1. The molecule has 0 radical (unpaired) electrons. The Hall–Kier alpha value is -3.74. The lowest BCUT2D eigenvalue weighted by atomic mass is 10.0. The Balaban J connectivity index is 1.44. The van der Waals surface area contributed by atoms with Gasteiger partial charge in [-0.3, -0.25) is 4.79 Å². The molecular weight excluding hydrogens is 412 g/mol. The number of rotatable bonds is 5. The number of amides is 1. The zero-order valence-corrected chi connectivity index (χ0v) is 19.0. The van der Waals surface area contributed by atoms with Crippen molar-refractivity contribution in [3.05, 3.63) is 71.0 Å². The van der Waals surface area contributed by atoms with Gasteiger partial charge in [-0.2, -0.15) is 5.10 Å². The van der Waals surface area contributed by atoms with Crippen LogP contribution in [0.15, 0.2) is 48.8 Å². The van der Waals surface area contributed by atoms with Crippen molar-refractivity contribution in [1.82, 2.24) is 25.1 Å². The molecule has 1 fully saturated rings. The number of aryl methyl sites for hydroxylation is 2. The number of carbonyl (C=O) groups is 1. The van der Waals surface area contributed by atoms with Crippen LogP contribution in [0.2, 0.25) is 0 Å². The minimum atomic E-state index is -0.0669. The molecule has 7 nitrogen and oxygen atoms in total. The summed E-state index contributed by atoms with van der Waals surface area (Å²) >= 11 is 0. The molecule has 0 atom stereocenters. The first-order valence-corrected chi connectivity index (χ1v) is 11.5. The first-order chi connectivity index (χ1) is 16.0. The zero-order chi connectivity index (χ0) is 22.9. The number of nitrogens with two attached hydrogens (primary N) is 1. The average molecular weight is 441 g/mol. The average Bonchev–Trinajstić information content (AvgIpc) is 3.47. The van der Waals surface area contributed by atoms with Gasteiger partial charge in [0.15, 0.2) is 5.65 Å². The SMILES string of the molecule is Cc1cc(-c2nn(C3CCCC3)c3ncnc(N)c23)ccc1CNC(=O)c1ccccc1C. The highest BCUT2D eigenvalue weighted by Crippen LogP contribution is 2.36. The summed E-state index contributed by atoms with van der Waals surface area (Å²) in [7, 11) is 0. The smallest absolute Gasteiger partial charge is 0.251 e. The second-order valence-electron chi connectivity index (χ2n) is 8.83. The van der Waals surface area contributed by atoms with Crippen molar-refractivity contribution in [2.24, 2.45) is 0 Å². The van der Waals surface area contributed by atoms with Crippen LogP contribution < -0.4 is 11.1 Å². The van der Waals surface area contributed by atoms with Crippen molar-refractivity contribution in [2.75, 3.05) is 5.73 Å². The van der Waals surface area contributed by atoms with Gasteiger partial charge in [0.05, 0.1) is 11.4 Å². The summed E-state index contributed by atoms with van der Waals surface area (Å²) in [4.78, 5) is 21.3. The molecule has 3 N–H and O–H groups in total. The standard InChI is InChI=1S/C26H28N6O/c1-16-7-3-6-10-21(16)26(33)28-14-19-12-11-18(13-17(19)2)23-22-24(27)29-15-30-25(22)32(31-23)20-8-4-5-9-20/h3,6-7,10-13,15,20H,4-5,8-9,14H2,1-2H3,(H,28,33)(H2,27,29,30). The van der Waals surface area contributed by atoms with Crippen LogP contribution in [0.4, 0.5) is 5.82 Å². The lowest BCUT2D eigenvalue weighted by Gasteiger charge is -2.11. The minimum Gasteiger partial charge on any atom is -0.383 e. The number of nitrogens with zero attached hydrogens (tertiary/aromatic N) is 4. The second kappa shape index (κ2) is 8.65. The van der Waals surface area contributed by atoms with Crippen molar-refractivity contribution in [3.63, 3.8) is 0 Å². The van der Waals surface area contributed by atoms with Crippen LogP contribution in [0, 0.1) is 13.8 Å². The molecule has 2 aromatic carbocycles.